The summed E-state index contributed by atoms with van der Waals surface area (Å²) in [4.78, 5) is 0. The first-order valence-corrected chi connectivity index (χ1v) is 6.94. The maximum absolute atomic E-state index is 10.9. The molecule has 0 fully saturated rings. The van der Waals surface area contributed by atoms with Gasteiger partial charge in [0.25, 0.3) is 0 Å². The molecule has 1 aromatic rings. The lowest BCUT2D eigenvalue weighted by atomic mass is 10.1. The van der Waals surface area contributed by atoms with Gasteiger partial charge >= 0.3 is 0 Å². The molecule has 0 aromatic heterocycles. The molecule has 0 aliphatic rings. The van der Waals surface area contributed by atoms with E-state index < -0.39 is 9.05 Å². The van der Waals surface area contributed by atoms with E-state index in [4.69, 9.17) is 27.0 Å². The van der Waals surface area contributed by atoms with Gasteiger partial charge in [-0.3, -0.25) is 0 Å². The first-order valence-electron chi connectivity index (χ1n) is 4.09. The fraction of sp³-hybridized carbons (Fsp3) is 0.333. The molecule has 0 aliphatic heterocycles. The van der Waals surface area contributed by atoms with Gasteiger partial charge in [0.1, 0.15) is 5.75 Å². The Kier molecular flexibility index (Phi) is 3.87. The fourth-order valence-electron chi connectivity index (χ4n) is 1.22. The van der Waals surface area contributed by atoms with E-state index in [9.17, 15) is 8.42 Å². The van der Waals surface area contributed by atoms with Crippen LogP contribution in [0.3, 0.4) is 0 Å². The van der Waals surface area contributed by atoms with Crippen LogP contribution in [-0.4, -0.2) is 15.5 Å². The van der Waals surface area contributed by atoms with Crippen LogP contribution >= 0.6 is 22.3 Å². The molecule has 3 nitrogen and oxygen atoms in total. The minimum Gasteiger partial charge on any atom is -0.497 e. The lowest BCUT2D eigenvalue weighted by molar-refractivity contribution is 0.414. The van der Waals surface area contributed by atoms with E-state index >= 15 is 0 Å². The summed E-state index contributed by atoms with van der Waals surface area (Å²) in [6, 6.07) is 3.29. The van der Waals surface area contributed by atoms with Crippen molar-refractivity contribution in [3.8, 4) is 5.75 Å². The standard InChI is InChI=1S/C9H10Cl2O3S/c1-6-3-8(14-2)4-7(9(6)10)5-15(11,12)13/h3-4H,5H2,1-2H3. The quantitative estimate of drug-likeness (QED) is 0.792. The molecule has 0 unspecified atom stereocenters. The maximum atomic E-state index is 10.9. The number of rotatable bonds is 3. The Hall–Kier alpha value is -0.450. The Morgan fingerprint density at radius 1 is 1.40 bits per heavy atom. The first-order chi connectivity index (χ1) is 6.83. The second kappa shape index (κ2) is 4.60. The third-order valence-electron chi connectivity index (χ3n) is 1.87. The number of ether oxygens (including phenoxy) is 1. The molecule has 1 rings (SSSR count). The highest BCUT2D eigenvalue weighted by molar-refractivity contribution is 8.13. The summed E-state index contributed by atoms with van der Waals surface area (Å²) in [6.45, 7) is 1.77. The largest absolute Gasteiger partial charge is 0.497 e. The third kappa shape index (κ3) is 3.55. The van der Waals surface area contributed by atoms with Gasteiger partial charge in [-0.25, -0.2) is 8.42 Å². The average Bonchev–Trinajstić information content (AvgIpc) is 2.10. The van der Waals surface area contributed by atoms with Crippen LogP contribution in [0.1, 0.15) is 11.1 Å². The predicted molar refractivity (Wildman–Crippen MR) is 61.2 cm³/mol. The second-order valence-electron chi connectivity index (χ2n) is 3.10. The summed E-state index contributed by atoms with van der Waals surface area (Å²) in [5.41, 5.74) is 1.20. The van der Waals surface area contributed by atoms with E-state index in [-0.39, 0.29) is 5.75 Å². The summed E-state index contributed by atoms with van der Waals surface area (Å²) in [5.74, 6) is 0.262. The van der Waals surface area contributed by atoms with Gasteiger partial charge in [0.05, 0.1) is 12.9 Å². The molecular formula is C9H10Cl2O3S. The highest BCUT2D eigenvalue weighted by Gasteiger charge is 2.13. The van der Waals surface area contributed by atoms with Crippen molar-refractivity contribution >= 4 is 31.3 Å². The molecule has 1 aromatic carbocycles. The average molecular weight is 269 g/mol. The smallest absolute Gasteiger partial charge is 0.236 e. The topological polar surface area (TPSA) is 43.4 Å². The molecular weight excluding hydrogens is 259 g/mol. The van der Waals surface area contributed by atoms with Crippen molar-refractivity contribution in [2.24, 2.45) is 0 Å². The highest BCUT2D eigenvalue weighted by Crippen LogP contribution is 2.28. The zero-order chi connectivity index (χ0) is 11.6. The summed E-state index contributed by atoms with van der Waals surface area (Å²) < 4.78 is 26.9. The number of aryl methyl sites for hydroxylation is 1. The zero-order valence-electron chi connectivity index (χ0n) is 8.25. The molecule has 0 radical (unpaired) electrons. The molecule has 0 aliphatic carbocycles. The van der Waals surface area contributed by atoms with E-state index in [1.807, 2.05) is 0 Å². The molecule has 0 amide bonds. The van der Waals surface area contributed by atoms with Gasteiger partial charge in [-0.15, -0.1) is 0 Å². The summed E-state index contributed by atoms with van der Waals surface area (Å²) in [7, 11) is 3.05. The van der Waals surface area contributed by atoms with E-state index in [0.29, 0.717) is 16.3 Å². The monoisotopic (exact) mass is 268 g/mol. The lowest BCUT2D eigenvalue weighted by Gasteiger charge is -2.08. The van der Waals surface area contributed by atoms with Crippen LogP contribution in [0.4, 0.5) is 0 Å². The molecule has 6 heteroatoms. The molecule has 0 bridgehead atoms. The Bertz CT molecular complexity index is 468. The number of halogens is 2. The molecule has 0 saturated heterocycles. The minimum atomic E-state index is -3.61. The molecule has 15 heavy (non-hydrogen) atoms. The van der Waals surface area contributed by atoms with Crippen LogP contribution in [0, 0.1) is 6.92 Å². The second-order valence-corrected chi connectivity index (χ2v) is 6.26. The number of hydrogen-bond acceptors (Lipinski definition) is 3. The number of benzene rings is 1. The van der Waals surface area contributed by atoms with Gasteiger partial charge in [-0.1, -0.05) is 11.6 Å². The molecule has 84 valence electrons. The van der Waals surface area contributed by atoms with Crippen LogP contribution in [-0.2, 0) is 14.8 Å². The minimum absolute atomic E-state index is 0.300. The molecule has 0 saturated carbocycles. The van der Waals surface area contributed by atoms with Crippen molar-refractivity contribution in [3.05, 3.63) is 28.3 Å². The Labute approximate surface area is 98.4 Å². The normalized spacial score (nSPS) is 11.5. The van der Waals surface area contributed by atoms with Crippen molar-refractivity contribution in [2.75, 3.05) is 7.11 Å². The van der Waals surface area contributed by atoms with Gasteiger partial charge in [-0.05, 0) is 30.2 Å². The summed E-state index contributed by atoms with van der Waals surface area (Å²) in [6.07, 6.45) is 0. The zero-order valence-corrected chi connectivity index (χ0v) is 10.6. The Balaban J connectivity index is 3.22. The van der Waals surface area contributed by atoms with Gasteiger partial charge < -0.3 is 4.74 Å². The molecule has 0 N–H and O–H groups in total. The van der Waals surface area contributed by atoms with Gasteiger partial charge in [0, 0.05) is 15.7 Å². The fourth-order valence-corrected chi connectivity index (χ4v) is 2.42. The van der Waals surface area contributed by atoms with Crippen molar-refractivity contribution < 1.29 is 13.2 Å². The number of hydrogen-bond donors (Lipinski definition) is 0. The van der Waals surface area contributed by atoms with Crippen molar-refractivity contribution in [1.29, 1.82) is 0 Å². The van der Waals surface area contributed by atoms with E-state index in [1.165, 1.54) is 7.11 Å². The van der Waals surface area contributed by atoms with E-state index in [2.05, 4.69) is 0 Å². The van der Waals surface area contributed by atoms with E-state index in [0.717, 1.165) is 5.56 Å². The van der Waals surface area contributed by atoms with Gasteiger partial charge in [0.2, 0.25) is 9.05 Å². The number of methoxy groups -OCH3 is 1. The highest BCUT2D eigenvalue weighted by atomic mass is 35.7. The summed E-state index contributed by atoms with van der Waals surface area (Å²) >= 11 is 5.95. The van der Waals surface area contributed by atoms with Gasteiger partial charge in [0.15, 0.2) is 0 Å². The predicted octanol–water partition coefficient (Wildman–Crippen LogP) is 2.73. The van der Waals surface area contributed by atoms with Gasteiger partial charge in [-0.2, -0.15) is 0 Å². The van der Waals surface area contributed by atoms with Crippen molar-refractivity contribution in [1.82, 2.24) is 0 Å². The first kappa shape index (κ1) is 12.6. The Morgan fingerprint density at radius 2 is 2.00 bits per heavy atom. The summed E-state index contributed by atoms with van der Waals surface area (Å²) in [5, 5.41) is 0.403. The van der Waals surface area contributed by atoms with E-state index in [1.54, 1.807) is 19.1 Å². The maximum Gasteiger partial charge on any atom is 0.236 e. The SMILES string of the molecule is COc1cc(C)c(Cl)c(CS(=O)(=O)Cl)c1. The molecule has 0 heterocycles. The van der Waals surface area contributed by atoms with Crippen LogP contribution < -0.4 is 4.74 Å². The third-order valence-corrected chi connectivity index (χ3v) is 3.39. The lowest BCUT2D eigenvalue weighted by Crippen LogP contribution is -1.98. The van der Waals surface area contributed by atoms with Crippen LogP contribution in [0.2, 0.25) is 5.02 Å². The van der Waals surface area contributed by atoms with Crippen LogP contribution in [0.25, 0.3) is 0 Å². The Morgan fingerprint density at radius 3 is 2.47 bits per heavy atom. The molecule has 0 spiro atoms. The van der Waals surface area contributed by atoms with Crippen molar-refractivity contribution in [3.63, 3.8) is 0 Å². The molecule has 0 atom stereocenters. The van der Waals surface area contributed by atoms with Crippen molar-refractivity contribution in [2.45, 2.75) is 12.7 Å². The van der Waals surface area contributed by atoms with Crippen LogP contribution in [0.15, 0.2) is 12.1 Å². The van der Waals surface area contributed by atoms with Crippen LogP contribution in [0.5, 0.6) is 5.75 Å².